The van der Waals surface area contributed by atoms with Crippen molar-refractivity contribution in [1.29, 1.82) is 0 Å². The smallest absolute Gasteiger partial charge is 0.243 e. The SMILES string of the molecule is C[C@H](NC(=O)[C@H](CC(=O)N1CCCC[C@@H]1C)NC(=O)CC1CC1)c1ncc(Cc2ccccc2)[nH]1. The first kappa shape index (κ1) is 24.9. The highest BCUT2D eigenvalue weighted by Crippen LogP contribution is 2.32. The lowest BCUT2D eigenvalue weighted by Gasteiger charge is -2.34. The van der Waals surface area contributed by atoms with Gasteiger partial charge in [-0.15, -0.1) is 0 Å². The van der Waals surface area contributed by atoms with Crippen LogP contribution in [-0.2, 0) is 20.8 Å². The number of aromatic nitrogens is 2. The number of carbonyl (C=O) groups is 3. The number of aromatic amines is 1. The number of rotatable bonds is 10. The van der Waals surface area contributed by atoms with Gasteiger partial charge in [-0.1, -0.05) is 30.3 Å². The summed E-state index contributed by atoms with van der Waals surface area (Å²) in [7, 11) is 0. The molecule has 8 heteroatoms. The van der Waals surface area contributed by atoms with Gasteiger partial charge in [0.1, 0.15) is 11.9 Å². The molecule has 188 valence electrons. The first-order chi connectivity index (χ1) is 16.9. The lowest BCUT2D eigenvalue weighted by Crippen LogP contribution is -2.51. The van der Waals surface area contributed by atoms with E-state index in [1.807, 2.05) is 36.9 Å². The van der Waals surface area contributed by atoms with Gasteiger partial charge in [-0.2, -0.15) is 0 Å². The zero-order valence-corrected chi connectivity index (χ0v) is 20.8. The Morgan fingerprint density at radius 2 is 1.89 bits per heavy atom. The number of H-pyrrole nitrogens is 1. The average molecular weight is 480 g/mol. The molecule has 4 rings (SSSR count). The van der Waals surface area contributed by atoms with E-state index < -0.39 is 6.04 Å². The summed E-state index contributed by atoms with van der Waals surface area (Å²) in [6, 6.07) is 8.96. The molecule has 0 radical (unpaired) electrons. The summed E-state index contributed by atoms with van der Waals surface area (Å²) in [6.07, 6.45) is 8.04. The first-order valence-electron chi connectivity index (χ1n) is 12.9. The van der Waals surface area contributed by atoms with Crippen molar-refractivity contribution in [2.24, 2.45) is 5.92 Å². The molecule has 1 saturated carbocycles. The number of imidazole rings is 1. The number of benzene rings is 1. The molecule has 2 aromatic rings. The number of piperidine rings is 1. The summed E-state index contributed by atoms with van der Waals surface area (Å²) in [5, 5.41) is 5.79. The molecule has 2 heterocycles. The quantitative estimate of drug-likeness (QED) is 0.486. The van der Waals surface area contributed by atoms with Gasteiger partial charge in [0.05, 0.1) is 12.5 Å². The number of nitrogens with one attached hydrogen (secondary N) is 3. The normalized spacial score (nSPS) is 19.6. The molecular formula is C27H37N5O3. The summed E-state index contributed by atoms with van der Waals surface area (Å²) in [5.41, 5.74) is 2.12. The van der Waals surface area contributed by atoms with Crippen LogP contribution in [0.2, 0.25) is 0 Å². The third-order valence-corrected chi connectivity index (χ3v) is 6.98. The molecule has 0 spiro atoms. The van der Waals surface area contributed by atoms with Crippen molar-refractivity contribution in [3.05, 3.63) is 53.6 Å². The van der Waals surface area contributed by atoms with Gasteiger partial charge in [-0.05, 0) is 57.4 Å². The molecule has 8 nitrogen and oxygen atoms in total. The molecule has 1 aliphatic carbocycles. The Kier molecular flexibility index (Phi) is 8.21. The van der Waals surface area contributed by atoms with Crippen molar-refractivity contribution in [2.75, 3.05) is 6.54 Å². The monoisotopic (exact) mass is 479 g/mol. The first-order valence-corrected chi connectivity index (χ1v) is 12.9. The van der Waals surface area contributed by atoms with E-state index in [4.69, 9.17) is 0 Å². The van der Waals surface area contributed by atoms with Crippen LogP contribution < -0.4 is 10.6 Å². The molecule has 1 aromatic heterocycles. The number of likely N-dealkylation sites (tertiary alicyclic amines) is 1. The minimum Gasteiger partial charge on any atom is -0.345 e. The molecule has 1 aliphatic heterocycles. The summed E-state index contributed by atoms with van der Waals surface area (Å²) < 4.78 is 0. The third kappa shape index (κ3) is 7.16. The van der Waals surface area contributed by atoms with Gasteiger partial charge in [0.25, 0.3) is 0 Å². The number of hydrogen-bond donors (Lipinski definition) is 3. The summed E-state index contributed by atoms with van der Waals surface area (Å²) in [5.74, 6) is 0.438. The van der Waals surface area contributed by atoms with Crippen molar-refractivity contribution in [2.45, 2.75) is 83.3 Å². The van der Waals surface area contributed by atoms with Crippen molar-refractivity contribution < 1.29 is 14.4 Å². The fourth-order valence-electron chi connectivity index (χ4n) is 4.69. The molecule has 0 bridgehead atoms. The van der Waals surface area contributed by atoms with E-state index >= 15 is 0 Å². The van der Waals surface area contributed by atoms with E-state index in [1.54, 1.807) is 6.20 Å². The van der Waals surface area contributed by atoms with E-state index in [0.717, 1.165) is 44.2 Å². The van der Waals surface area contributed by atoms with Crippen molar-refractivity contribution in [1.82, 2.24) is 25.5 Å². The fourth-order valence-corrected chi connectivity index (χ4v) is 4.69. The van der Waals surface area contributed by atoms with Crippen molar-refractivity contribution in [3.63, 3.8) is 0 Å². The number of carbonyl (C=O) groups excluding carboxylic acids is 3. The van der Waals surface area contributed by atoms with Crippen LogP contribution in [0.3, 0.4) is 0 Å². The zero-order chi connectivity index (χ0) is 24.8. The van der Waals surface area contributed by atoms with Crippen LogP contribution in [0.4, 0.5) is 0 Å². The Hall–Kier alpha value is -3.16. The topological polar surface area (TPSA) is 107 Å². The lowest BCUT2D eigenvalue weighted by molar-refractivity contribution is -0.138. The van der Waals surface area contributed by atoms with E-state index in [-0.39, 0.29) is 36.2 Å². The Morgan fingerprint density at radius 1 is 1.11 bits per heavy atom. The molecule has 0 unspecified atom stereocenters. The van der Waals surface area contributed by atoms with Crippen LogP contribution in [0.15, 0.2) is 36.5 Å². The summed E-state index contributed by atoms with van der Waals surface area (Å²) >= 11 is 0. The Morgan fingerprint density at radius 3 is 2.60 bits per heavy atom. The molecule has 1 aromatic carbocycles. The van der Waals surface area contributed by atoms with E-state index in [2.05, 4.69) is 32.7 Å². The largest absolute Gasteiger partial charge is 0.345 e. The highest BCUT2D eigenvalue weighted by molar-refractivity contribution is 5.92. The van der Waals surface area contributed by atoms with Gasteiger partial charge in [0.15, 0.2) is 0 Å². The minimum atomic E-state index is -0.899. The Labute approximate surface area is 207 Å². The molecule has 3 atom stereocenters. The van der Waals surface area contributed by atoms with Crippen LogP contribution in [0, 0.1) is 5.92 Å². The second-order valence-corrected chi connectivity index (χ2v) is 10.1. The molecule has 35 heavy (non-hydrogen) atoms. The van der Waals surface area contributed by atoms with E-state index in [0.29, 0.717) is 24.7 Å². The van der Waals surface area contributed by atoms with Gasteiger partial charge in [-0.3, -0.25) is 14.4 Å². The maximum absolute atomic E-state index is 13.2. The maximum atomic E-state index is 13.2. The minimum absolute atomic E-state index is 0.0310. The number of hydrogen-bond acceptors (Lipinski definition) is 4. The number of amides is 3. The fraction of sp³-hybridized carbons (Fsp3) is 0.556. The third-order valence-electron chi connectivity index (χ3n) is 6.98. The molecular weight excluding hydrogens is 442 g/mol. The van der Waals surface area contributed by atoms with Crippen LogP contribution in [0.1, 0.15) is 81.9 Å². The highest BCUT2D eigenvalue weighted by Gasteiger charge is 2.32. The predicted molar refractivity (Wildman–Crippen MR) is 133 cm³/mol. The van der Waals surface area contributed by atoms with Crippen molar-refractivity contribution in [3.8, 4) is 0 Å². The van der Waals surface area contributed by atoms with Crippen LogP contribution in [0.5, 0.6) is 0 Å². The average Bonchev–Trinajstić information content (AvgIpc) is 3.53. The molecule has 2 fully saturated rings. The highest BCUT2D eigenvalue weighted by atomic mass is 16.2. The zero-order valence-electron chi connectivity index (χ0n) is 20.8. The standard InChI is InChI=1S/C27H37N5O3/c1-18-8-6-7-13-32(18)25(34)16-23(31-24(33)15-21-11-12-21)27(35)29-19(2)26-28-17-22(30-26)14-20-9-4-3-5-10-20/h3-5,9-10,17-19,21,23H,6-8,11-16H2,1-2H3,(H,28,30)(H,29,35)(H,31,33)/t18-,19-,23-/m0/s1. The lowest BCUT2D eigenvalue weighted by atomic mass is 10.0. The van der Waals surface area contributed by atoms with E-state index in [9.17, 15) is 14.4 Å². The van der Waals surface area contributed by atoms with Crippen LogP contribution in [0.25, 0.3) is 0 Å². The molecule has 3 N–H and O–H groups in total. The van der Waals surface area contributed by atoms with Gasteiger partial charge >= 0.3 is 0 Å². The molecule has 1 saturated heterocycles. The second-order valence-electron chi connectivity index (χ2n) is 10.1. The van der Waals surface area contributed by atoms with Crippen molar-refractivity contribution >= 4 is 17.7 Å². The van der Waals surface area contributed by atoms with Gasteiger partial charge in [0.2, 0.25) is 17.7 Å². The number of nitrogens with zero attached hydrogens (tertiary/aromatic N) is 2. The predicted octanol–water partition coefficient (Wildman–Crippen LogP) is 3.25. The van der Waals surface area contributed by atoms with Gasteiger partial charge < -0.3 is 20.5 Å². The molecule has 2 aliphatic rings. The van der Waals surface area contributed by atoms with E-state index in [1.165, 1.54) is 5.56 Å². The Balaban J connectivity index is 1.38. The maximum Gasteiger partial charge on any atom is 0.243 e. The summed E-state index contributed by atoms with van der Waals surface area (Å²) in [4.78, 5) is 48.4. The van der Waals surface area contributed by atoms with Gasteiger partial charge in [0, 0.05) is 37.3 Å². The Bertz CT molecular complexity index is 1020. The summed E-state index contributed by atoms with van der Waals surface area (Å²) in [6.45, 7) is 4.60. The second kappa shape index (κ2) is 11.5. The molecule has 3 amide bonds. The van der Waals surface area contributed by atoms with Gasteiger partial charge in [-0.25, -0.2) is 4.98 Å². The van der Waals surface area contributed by atoms with Crippen LogP contribution >= 0.6 is 0 Å². The van der Waals surface area contributed by atoms with Crippen LogP contribution in [-0.4, -0.2) is 51.2 Å².